The number of rotatable bonds is 13. The largest absolute Gasteiger partial charge is 0.354 e. The van der Waals surface area contributed by atoms with Crippen molar-refractivity contribution >= 4 is 27.5 Å². The molecule has 0 saturated carbocycles. The molecule has 2 amide bonds. The molecular formula is C36H41N3O4S. The Kier molecular flexibility index (Phi) is 11.0. The first-order chi connectivity index (χ1) is 21.1. The summed E-state index contributed by atoms with van der Waals surface area (Å²) in [4.78, 5) is 29.9. The molecule has 0 aromatic heterocycles. The first-order valence-electron chi connectivity index (χ1n) is 14.9. The molecule has 1 N–H and O–H groups in total. The van der Waals surface area contributed by atoms with Gasteiger partial charge in [-0.2, -0.15) is 0 Å². The second-order valence-electron chi connectivity index (χ2n) is 11.1. The van der Waals surface area contributed by atoms with E-state index in [2.05, 4.69) is 5.32 Å². The third-order valence-electron chi connectivity index (χ3n) is 7.53. The number of sulfonamides is 1. The van der Waals surface area contributed by atoms with Gasteiger partial charge in [0.2, 0.25) is 11.8 Å². The summed E-state index contributed by atoms with van der Waals surface area (Å²) in [6.45, 7) is 7.78. The zero-order valence-corrected chi connectivity index (χ0v) is 26.7. The highest BCUT2D eigenvalue weighted by Gasteiger charge is 2.35. The number of benzene rings is 4. The Hall–Kier alpha value is -4.43. The van der Waals surface area contributed by atoms with Crippen molar-refractivity contribution in [2.75, 3.05) is 17.4 Å². The molecule has 0 saturated heterocycles. The predicted octanol–water partition coefficient (Wildman–Crippen LogP) is 5.97. The van der Waals surface area contributed by atoms with Crippen LogP contribution in [0.1, 0.15) is 41.2 Å². The average Bonchev–Trinajstić information content (AvgIpc) is 3.01. The minimum Gasteiger partial charge on any atom is -0.354 e. The maximum absolute atomic E-state index is 14.5. The highest BCUT2D eigenvalue weighted by molar-refractivity contribution is 7.92. The van der Waals surface area contributed by atoms with E-state index in [9.17, 15) is 18.0 Å². The van der Waals surface area contributed by atoms with E-state index in [4.69, 9.17) is 0 Å². The number of aryl methyl sites for hydroxylation is 3. The van der Waals surface area contributed by atoms with Gasteiger partial charge in [0.15, 0.2) is 0 Å². The van der Waals surface area contributed by atoms with Crippen molar-refractivity contribution in [3.8, 4) is 0 Å². The van der Waals surface area contributed by atoms with Crippen molar-refractivity contribution in [3.05, 3.63) is 131 Å². The molecule has 0 aliphatic carbocycles. The molecule has 44 heavy (non-hydrogen) atoms. The van der Waals surface area contributed by atoms with E-state index in [0.717, 1.165) is 28.7 Å². The van der Waals surface area contributed by atoms with Gasteiger partial charge < -0.3 is 10.2 Å². The molecule has 0 bridgehead atoms. The second-order valence-corrected chi connectivity index (χ2v) is 13.0. The van der Waals surface area contributed by atoms with Crippen LogP contribution in [-0.4, -0.2) is 44.3 Å². The molecule has 7 nitrogen and oxygen atoms in total. The van der Waals surface area contributed by atoms with Crippen molar-refractivity contribution in [1.82, 2.24) is 10.2 Å². The summed E-state index contributed by atoms with van der Waals surface area (Å²) in [5.74, 6) is -0.751. The number of para-hydroxylation sites is 1. The Labute approximate surface area is 261 Å². The van der Waals surface area contributed by atoms with Crippen LogP contribution >= 0.6 is 0 Å². The molecule has 0 spiro atoms. The summed E-state index contributed by atoms with van der Waals surface area (Å²) in [5.41, 5.74) is 4.81. The van der Waals surface area contributed by atoms with Crippen LogP contribution < -0.4 is 9.62 Å². The standard InChI is InChI=1S/C36H41N3O4S/c1-5-22-37-36(41)34(24-30-14-7-6-8-15-30)38(25-31-16-11-12-28(3)23-31)35(40)26-39(33-17-10-9-13-29(33)4)44(42,43)32-20-18-27(2)19-21-32/h6-21,23,34H,5,22,24-26H2,1-4H3,(H,37,41)/t34-/m0/s1. The van der Waals surface area contributed by atoms with Crippen molar-refractivity contribution in [1.29, 1.82) is 0 Å². The summed E-state index contributed by atoms with van der Waals surface area (Å²) < 4.78 is 29.5. The third kappa shape index (κ3) is 8.14. The molecule has 4 aromatic carbocycles. The third-order valence-corrected chi connectivity index (χ3v) is 9.30. The Morgan fingerprint density at radius 2 is 1.43 bits per heavy atom. The molecule has 0 aliphatic heterocycles. The fraction of sp³-hybridized carbons (Fsp3) is 0.278. The number of nitrogens with zero attached hydrogens (tertiary/aromatic N) is 2. The van der Waals surface area contributed by atoms with Gasteiger partial charge in [0.1, 0.15) is 12.6 Å². The van der Waals surface area contributed by atoms with Crippen molar-refractivity contribution < 1.29 is 18.0 Å². The number of nitrogens with one attached hydrogen (secondary N) is 1. The Bertz CT molecular complexity index is 1670. The number of carbonyl (C=O) groups is 2. The van der Waals surface area contributed by atoms with Crippen LogP contribution in [0.3, 0.4) is 0 Å². The van der Waals surface area contributed by atoms with E-state index in [1.165, 1.54) is 9.21 Å². The van der Waals surface area contributed by atoms with Gasteiger partial charge >= 0.3 is 0 Å². The van der Waals surface area contributed by atoms with Gasteiger partial charge in [-0.25, -0.2) is 8.42 Å². The summed E-state index contributed by atoms with van der Waals surface area (Å²) >= 11 is 0. The topological polar surface area (TPSA) is 86.8 Å². The normalized spacial score (nSPS) is 11.9. The number of anilines is 1. The van der Waals surface area contributed by atoms with Gasteiger partial charge in [-0.15, -0.1) is 0 Å². The molecule has 4 aromatic rings. The zero-order chi connectivity index (χ0) is 31.7. The summed E-state index contributed by atoms with van der Waals surface area (Å²) in [6, 6.07) is 30.2. The van der Waals surface area contributed by atoms with E-state index in [1.807, 2.05) is 94.4 Å². The van der Waals surface area contributed by atoms with Gasteiger partial charge in [-0.05, 0) is 62.1 Å². The molecular weight excluding hydrogens is 570 g/mol. The quantitative estimate of drug-likeness (QED) is 0.202. The molecule has 0 aliphatic rings. The first-order valence-corrected chi connectivity index (χ1v) is 16.4. The molecule has 0 heterocycles. The van der Waals surface area contributed by atoms with Crippen molar-refractivity contribution in [2.24, 2.45) is 0 Å². The minimum atomic E-state index is -4.14. The fourth-order valence-electron chi connectivity index (χ4n) is 5.12. The number of hydrogen-bond donors (Lipinski definition) is 1. The van der Waals surface area contributed by atoms with Gasteiger partial charge in [-0.1, -0.05) is 103 Å². The van der Waals surface area contributed by atoms with E-state index in [-0.39, 0.29) is 23.8 Å². The maximum Gasteiger partial charge on any atom is 0.264 e. The first kappa shape index (κ1) is 32.5. The molecule has 0 unspecified atom stereocenters. The van der Waals surface area contributed by atoms with E-state index >= 15 is 0 Å². The van der Waals surface area contributed by atoms with Crippen LogP contribution in [0.25, 0.3) is 0 Å². The lowest BCUT2D eigenvalue weighted by molar-refractivity contribution is -0.140. The Balaban J connectivity index is 1.80. The Morgan fingerprint density at radius 3 is 2.09 bits per heavy atom. The molecule has 4 rings (SSSR count). The van der Waals surface area contributed by atoms with Crippen molar-refractivity contribution in [2.45, 2.75) is 58.0 Å². The van der Waals surface area contributed by atoms with E-state index in [1.54, 1.807) is 36.4 Å². The Morgan fingerprint density at radius 1 is 0.773 bits per heavy atom. The maximum atomic E-state index is 14.5. The minimum absolute atomic E-state index is 0.0888. The van der Waals surface area contributed by atoms with E-state index < -0.39 is 28.5 Å². The molecule has 8 heteroatoms. The highest BCUT2D eigenvalue weighted by Crippen LogP contribution is 2.28. The molecule has 1 atom stereocenters. The summed E-state index contributed by atoms with van der Waals surface area (Å²) in [6.07, 6.45) is 1.02. The monoisotopic (exact) mass is 611 g/mol. The van der Waals surface area contributed by atoms with Crippen LogP contribution in [0.5, 0.6) is 0 Å². The lowest BCUT2D eigenvalue weighted by Gasteiger charge is -2.34. The number of hydrogen-bond acceptors (Lipinski definition) is 4. The zero-order valence-electron chi connectivity index (χ0n) is 25.9. The lowest BCUT2D eigenvalue weighted by Crippen LogP contribution is -2.53. The van der Waals surface area contributed by atoms with Crippen LogP contribution in [0.15, 0.2) is 108 Å². The summed E-state index contributed by atoms with van der Waals surface area (Å²) in [7, 11) is -4.14. The fourth-order valence-corrected chi connectivity index (χ4v) is 6.60. The van der Waals surface area contributed by atoms with Crippen LogP contribution in [0, 0.1) is 20.8 Å². The molecule has 0 fully saturated rings. The number of carbonyl (C=O) groups excluding carboxylic acids is 2. The second kappa shape index (κ2) is 14.8. The lowest BCUT2D eigenvalue weighted by atomic mass is 10.0. The SMILES string of the molecule is CCCNC(=O)[C@H](Cc1ccccc1)N(Cc1cccc(C)c1)C(=O)CN(c1ccccc1C)S(=O)(=O)c1ccc(C)cc1. The molecule has 0 radical (unpaired) electrons. The van der Waals surface area contributed by atoms with E-state index in [0.29, 0.717) is 17.8 Å². The highest BCUT2D eigenvalue weighted by atomic mass is 32.2. The van der Waals surface area contributed by atoms with Gasteiger partial charge in [0.25, 0.3) is 10.0 Å². The predicted molar refractivity (Wildman–Crippen MR) is 176 cm³/mol. The average molecular weight is 612 g/mol. The van der Waals surface area contributed by atoms with Gasteiger partial charge in [0.05, 0.1) is 10.6 Å². The summed E-state index contributed by atoms with van der Waals surface area (Å²) in [5, 5.41) is 2.98. The number of amides is 2. The smallest absolute Gasteiger partial charge is 0.264 e. The van der Waals surface area contributed by atoms with Gasteiger partial charge in [-0.3, -0.25) is 13.9 Å². The van der Waals surface area contributed by atoms with Crippen LogP contribution in [0.4, 0.5) is 5.69 Å². The van der Waals surface area contributed by atoms with Crippen molar-refractivity contribution in [3.63, 3.8) is 0 Å². The van der Waals surface area contributed by atoms with Gasteiger partial charge in [0, 0.05) is 19.5 Å². The van der Waals surface area contributed by atoms with Crippen LogP contribution in [0.2, 0.25) is 0 Å². The van der Waals surface area contributed by atoms with Crippen LogP contribution in [-0.2, 0) is 32.6 Å². The molecule has 230 valence electrons.